The summed E-state index contributed by atoms with van der Waals surface area (Å²) in [7, 11) is 1.96. The summed E-state index contributed by atoms with van der Waals surface area (Å²) in [5, 5.41) is 3.34. The molecule has 0 fully saturated rings. The van der Waals surface area contributed by atoms with Crippen molar-refractivity contribution < 1.29 is 4.39 Å². The Labute approximate surface area is 123 Å². The molecule has 0 amide bonds. The first kappa shape index (κ1) is 17.0. The summed E-state index contributed by atoms with van der Waals surface area (Å²) in [6, 6.07) is 5.55. The maximum absolute atomic E-state index is 14.2. The van der Waals surface area contributed by atoms with Crippen molar-refractivity contribution in [3.63, 3.8) is 0 Å². The lowest BCUT2D eigenvalue weighted by molar-refractivity contribution is 0.544. The number of nitrogens with one attached hydrogen (secondary N) is 1. The van der Waals surface area contributed by atoms with E-state index < -0.39 is 0 Å². The van der Waals surface area contributed by atoms with E-state index in [1.807, 2.05) is 24.1 Å². The molecule has 0 radical (unpaired) electrons. The average molecular weight is 280 g/mol. The third kappa shape index (κ3) is 5.49. The van der Waals surface area contributed by atoms with E-state index in [4.69, 9.17) is 0 Å². The fourth-order valence-electron chi connectivity index (χ4n) is 2.17. The number of rotatable bonds is 8. The second kappa shape index (κ2) is 8.25. The molecule has 1 unspecified atom stereocenters. The Kier molecular flexibility index (Phi) is 7.00. The topological polar surface area (TPSA) is 15.3 Å². The van der Waals surface area contributed by atoms with Crippen LogP contribution < -0.4 is 10.2 Å². The molecule has 0 aliphatic heterocycles. The van der Waals surface area contributed by atoms with Crippen LogP contribution in [0.15, 0.2) is 18.2 Å². The van der Waals surface area contributed by atoms with E-state index in [9.17, 15) is 4.39 Å². The molecule has 0 aromatic heterocycles. The quantitative estimate of drug-likeness (QED) is 0.772. The molecule has 0 heterocycles. The van der Waals surface area contributed by atoms with Crippen LogP contribution in [0.5, 0.6) is 0 Å². The summed E-state index contributed by atoms with van der Waals surface area (Å²) >= 11 is 0. The third-order valence-corrected chi connectivity index (χ3v) is 3.59. The first-order valence-electron chi connectivity index (χ1n) is 7.64. The zero-order valence-electron chi connectivity index (χ0n) is 13.5. The lowest BCUT2D eigenvalue weighted by Gasteiger charge is -2.23. The molecule has 0 spiro atoms. The fraction of sp³-hybridized carbons (Fsp3) is 0.647. The summed E-state index contributed by atoms with van der Waals surface area (Å²) < 4.78 is 14.2. The summed E-state index contributed by atoms with van der Waals surface area (Å²) in [5.41, 5.74) is 1.70. The van der Waals surface area contributed by atoms with E-state index in [-0.39, 0.29) is 5.82 Å². The first-order valence-corrected chi connectivity index (χ1v) is 7.64. The lowest BCUT2D eigenvalue weighted by Crippen LogP contribution is -2.24. The van der Waals surface area contributed by atoms with Crippen LogP contribution in [0, 0.1) is 17.7 Å². The van der Waals surface area contributed by atoms with Gasteiger partial charge in [0.2, 0.25) is 0 Å². The number of halogens is 1. The van der Waals surface area contributed by atoms with Crippen molar-refractivity contribution in [1.82, 2.24) is 5.32 Å². The van der Waals surface area contributed by atoms with Crippen molar-refractivity contribution in [1.29, 1.82) is 0 Å². The largest absolute Gasteiger partial charge is 0.372 e. The minimum atomic E-state index is -0.125. The van der Waals surface area contributed by atoms with Gasteiger partial charge in [0, 0.05) is 20.1 Å². The second-order valence-corrected chi connectivity index (χ2v) is 6.20. The predicted molar refractivity (Wildman–Crippen MR) is 85.7 cm³/mol. The Morgan fingerprint density at radius 1 is 1.25 bits per heavy atom. The molecule has 0 bridgehead atoms. The molecule has 2 nitrogen and oxygen atoms in total. The van der Waals surface area contributed by atoms with Crippen LogP contribution in [0.1, 0.15) is 39.7 Å². The summed E-state index contributed by atoms with van der Waals surface area (Å²) in [4.78, 5) is 2.01. The maximum Gasteiger partial charge on any atom is 0.146 e. The number of benzene rings is 1. The van der Waals surface area contributed by atoms with E-state index in [1.165, 1.54) is 0 Å². The molecule has 0 saturated heterocycles. The van der Waals surface area contributed by atoms with Gasteiger partial charge in [-0.2, -0.15) is 0 Å². The van der Waals surface area contributed by atoms with E-state index in [0.29, 0.717) is 17.5 Å². The van der Waals surface area contributed by atoms with Crippen LogP contribution in [0.2, 0.25) is 0 Å². The lowest BCUT2D eigenvalue weighted by atomic mass is 10.1. The molecule has 1 rings (SSSR count). The SMILES string of the molecule is CCC(C)CN(C)c1ccc(CNCC(C)C)cc1F. The zero-order chi connectivity index (χ0) is 15.1. The van der Waals surface area contributed by atoms with Gasteiger partial charge in [-0.3, -0.25) is 0 Å². The highest BCUT2D eigenvalue weighted by Crippen LogP contribution is 2.21. The van der Waals surface area contributed by atoms with Crippen LogP contribution in [-0.4, -0.2) is 20.1 Å². The van der Waals surface area contributed by atoms with Gasteiger partial charge >= 0.3 is 0 Å². The molecule has 3 heteroatoms. The van der Waals surface area contributed by atoms with Crippen LogP contribution >= 0.6 is 0 Å². The van der Waals surface area contributed by atoms with Crippen LogP contribution in [0.3, 0.4) is 0 Å². The normalized spacial score (nSPS) is 12.8. The summed E-state index contributed by atoms with van der Waals surface area (Å²) in [6.07, 6.45) is 1.11. The van der Waals surface area contributed by atoms with Crippen LogP contribution in [0.4, 0.5) is 10.1 Å². The highest BCUT2D eigenvalue weighted by Gasteiger charge is 2.10. The van der Waals surface area contributed by atoms with E-state index in [1.54, 1.807) is 6.07 Å². The van der Waals surface area contributed by atoms with Crippen molar-refractivity contribution in [2.45, 2.75) is 40.7 Å². The van der Waals surface area contributed by atoms with Gasteiger partial charge in [-0.1, -0.05) is 40.2 Å². The predicted octanol–water partition coefficient (Wildman–Crippen LogP) is 4.05. The Bertz CT molecular complexity index is 404. The van der Waals surface area contributed by atoms with Gasteiger partial charge in [-0.05, 0) is 36.1 Å². The van der Waals surface area contributed by atoms with Crippen molar-refractivity contribution in [3.05, 3.63) is 29.6 Å². The molecule has 1 aromatic carbocycles. The number of nitrogens with zero attached hydrogens (tertiary/aromatic N) is 1. The number of anilines is 1. The van der Waals surface area contributed by atoms with Gasteiger partial charge in [0.25, 0.3) is 0 Å². The van der Waals surface area contributed by atoms with Gasteiger partial charge in [-0.15, -0.1) is 0 Å². The van der Waals surface area contributed by atoms with Gasteiger partial charge in [0.05, 0.1) is 5.69 Å². The Balaban J connectivity index is 2.63. The van der Waals surface area contributed by atoms with Crippen LogP contribution in [-0.2, 0) is 6.54 Å². The minimum Gasteiger partial charge on any atom is -0.372 e. The van der Waals surface area contributed by atoms with Crippen molar-refractivity contribution in [3.8, 4) is 0 Å². The Hall–Kier alpha value is -1.09. The van der Waals surface area contributed by atoms with Crippen molar-refractivity contribution in [2.75, 3.05) is 25.0 Å². The van der Waals surface area contributed by atoms with E-state index in [2.05, 4.69) is 33.0 Å². The van der Waals surface area contributed by atoms with Gasteiger partial charge in [-0.25, -0.2) is 4.39 Å². The number of hydrogen-bond acceptors (Lipinski definition) is 2. The van der Waals surface area contributed by atoms with Gasteiger partial charge in [0.15, 0.2) is 0 Å². The Morgan fingerprint density at radius 2 is 1.95 bits per heavy atom. The number of hydrogen-bond donors (Lipinski definition) is 1. The maximum atomic E-state index is 14.2. The molecule has 1 N–H and O–H groups in total. The highest BCUT2D eigenvalue weighted by molar-refractivity contribution is 5.48. The minimum absolute atomic E-state index is 0.125. The molecule has 20 heavy (non-hydrogen) atoms. The molecule has 0 aliphatic rings. The summed E-state index contributed by atoms with van der Waals surface area (Å²) in [6.45, 7) is 11.3. The van der Waals surface area contributed by atoms with E-state index in [0.717, 1.165) is 31.6 Å². The van der Waals surface area contributed by atoms with Gasteiger partial charge < -0.3 is 10.2 Å². The molecule has 114 valence electrons. The third-order valence-electron chi connectivity index (χ3n) is 3.59. The van der Waals surface area contributed by atoms with E-state index >= 15 is 0 Å². The van der Waals surface area contributed by atoms with Crippen LogP contribution in [0.25, 0.3) is 0 Å². The summed E-state index contributed by atoms with van der Waals surface area (Å²) in [5.74, 6) is 1.06. The van der Waals surface area contributed by atoms with Gasteiger partial charge in [0.1, 0.15) is 5.82 Å². The first-order chi connectivity index (χ1) is 9.43. The monoisotopic (exact) mass is 280 g/mol. The zero-order valence-corrected chi connectivity index (χ0v) is 13.5. The van der Waals surface area contributed by atoms with Crippen molar-refractivity contribution >= 4 is 5.69 Å². The average Bonchev–Trinajstić information content (AvgIpc) is 2.38. The molecular formula is C17H29FN2. The second-order valence-electron chi connectivity index (χ2n) is 6.20. The Morgan fingerprint density at radius 3 is 2.50 bits per heavy atom. The molecule has 0 aliphatic carbocycles. The highest BCUT2D eigenvalue weighted by atomic mass is 19.1. The molecule has 0 saturated carbocycles. The molecule has 1 atom stereocenters. The standard InChI is InChI=1S/C17H29FN2/c1-6-14(4)12-20(5)17-8-7-15(9-16(17)18)11-19-10-13(2)3/h7-9,13-14,19H,6,10-12H2,1-5H3. The smallest absolute Gasteiger partial charge is 0.146 e. The fourth-order valence-corrected chi connectivity index (χ4v) is 2.17. The molecular weight excluding hydrogens is 251 g/mol. The van der Waals surface area contributed by atoms with Crippen molar-refractivity contribution in [2.24, 2.45) is 11.8 Å². The molecule has 1 aromatic rings.